The second-order valence-electron chi connectivity index (χ2n) is 6.92. The highest BCUT2D eigenvalue weighted by Crippen LogP contribution is 2.37. The minimum Gasteiger partial charge on any atom is -0.316 e. The van der Waals surface area contributed by atoms with Gasteiger partial charge in [-0.15, -0.1) is 0 Å². The van der Waals surface area contributed by atoms with Gasteiger partial charge in [-0.3, -0.25) is 4.90 Å². The van der Waals surface area contributed by atoms with Gasteiger partial charge in [0.2, 0.25) is 0 Å². The third kappa shape index (κ3) is 4.03. The molecule has 1 aromatic rings. The number of halogens is 3. The van der Waals surface area contributed by atoms with Crippen molar-refractivity contribution in [3.8, 4) is 0 Å². The van der Waals surface area contributed by atoms with Crippen molar-refractivity contribution in [2.75, 3.05) is 37.7 Å². The first-order valence-electron chi connectivity index (χ1n) is 8.07. The summed E-state index contributed by atoms with van der Waals surface area (Å²) in [5, 5.41) is 3.41. The van der Waals surface area contributed by atoms with Gasteiger partial charge in [0.25, 0.3) is 0 Å². The van der Waals surface area contributed by atoms with Gasteiger partial charge < -0.3 is 5.32 Å². The third-order valence-corrected chi connectivity index (χ3v) is 5.90. The molecule has 1 N–H and O–H groups in total. The average molecular weight is 344 g/mol. The summed E-state index contributed by atoms with van der Waals surface area (Å²) in [6.07, 6.45) is -3.14. The van der Waals surface area contributed by atoms with Crippen LogP contribution in [0.4, 0.5) is 13.2 Å². The summed E-state index contributed by atoms with van der Waals surface area (Å²) in [6, 6.07) is 5.95. The Morgan fingerprint density at radius 2 is 2.22 bits per heavy atom. The van der Waals surface area contributed by atoms with Crippen molar-refractivity contribution < 1.29 is 13.2 Å². The second-order valence-corrected chi connectivity index (χ2v) is 8.07. The molecule has 2 nitrogen and oxygen atoms in total. The quantitative estimate of drug-likeness (QED) is 0.898. The predicted molar refractivity (Wildman–Crippen MR) is 88.7 cm³/mol. The summed E-state index contributed by atoms with van der Waals surface area (Å²) in [4.78, 5) is 2.39. The maximum atomic E-state index is 13.0. The number of nitrogens with one attached hydrogen (secondary N) is 1. The van der Waals surface area contributed by atoms with Crippen LogP contribution in [0.5, 0.6) is 0 Å². The number of hydrogen-bond acceptors (Lipinski definition) is 3. The van der Waals surface area contributed by atoms with Crippen LogP contribution in [-0.4, -0.2) is 42.6 Å². The molecule has 2 aliphatic rings. The molecule has 2 fully saturated rings. The summed E-state index contributed by atoms with van der Waals surface area (Å²) in [5.41, 5.74) is 0.475. The minimum atomic E-state index is -4.27. The van der Waals surface area contributed by atoms with Crippen molar-refractivity contribution in [2.45, 2.75) is 25.6 Å². The highest BCUT2D eigenvalue weighted by atomic mass is 32.2. The molecule has 2 atom stereocenters. The van der Waals surface area contributed by atoms with Crippen LogP contribution in [0.25, 0.3) is 0 Å². The van der Waals surface area contributed by atoms with E-state index in [4.69, 9.17) is 0 Å². The lowest BCUT2D eigenvalue weighted by Crippen LogP contribution is -2.43. The van der Waals surface area contributed by atoms with E-state index in [0.717, 1.165) is 55.7 Å². The molecular formula is C17H23F3N2S. The first-order chi connectivity index (χ1) is 10.9. The van der Waals surface area contributed by atoms with Gasteiger partial charge in [-0.1, -0.05) is 19.1 Å². The maximum Gasteiger partial charge on any atom is 0.416 e. The Bertz CT molecular complexity index is 541. The van der Waals surface area contributed by atoms with Gasteiger partial charge in [0.05, 0.1) is 5.56 Å². The van der Waals surface area contributed by atoms with Crippen molar-refractivity contribution >= 4 is 11.8 Å². The molecular weight excluding hydrogens is 321 g/mol. The normalized spacial score (nSPS) is 29.8. The Morgan fingerprint density at radius 1 is 1.39 bits per heavy atom. The molecule has 2 heterocycles. The fourth-order valence-corrected chi connectivity index (χ4v) is 4.71. The zero-order valence-electron chi connectivity index (χ0n) is 13.3. The molecule has 0 aromatic heterocycles. The van der Waals surface area contributed by atoms with Gasteiger partial charge in [0, 0.05) is 37.2 Å². The van der Waals surface area contributed by atoms with Crippen LogP contribution >= 0.6 is 11.8 Å². The van der Waals surface area contributed by atoms with E-state index in [1.807, 2.05) is 17.8 Å². The van der Waals surface area contributed by atoms with Crippen molar-refractivity contribution in [1.82, 2.24) is 10.2 Å². The summed E-state index contributed by atoms with van der Waals surface area (Å²) < 4.78 is 39.0. The average Bonchev–Trinajstić information content (AvgIpc) is 2.93. The Kier molecular flexibility index (Phi) is 4.95. The molecule has 0 saturated carbocycles. The van der Waals surface area contributed by atoms with Gasteiger partial charge in [0.1, 0.15) is 0 Å². The van der Waals surface area contributed by atoms with E-state index < -0.39 is 11.7 Å². The zero-order valence-corrected chi connectivity index (χ0v) is 14.1. The first-order valence-corrected chi connectivity index (χ1v) is 9.23. The standard InChI is InChI=1S/C17H23F3N2S/c1-16(5-6-21-11-16)12-22-7-8-23-10-15(22)13-3-2-4-14(9-13)17(18,19)20/h2-4,9,15,21H,5-8,10-12H2,1H3. The molecule has 0 aliphatic carbocycles. The van der Waals surface area contributed by atoms with Crippen molar-refractivity contribution in [2.24, 2.45) is 5.41 Å². The van der Waals surface area contributed by atoms with E-state index in [1.165, 1.54) is 12.1 Å². The molecule has 2 aliphatic heterocycles. The van der Waals surface area contributed by atoms with Gasteiger partial charge in [-0.25, -0.2) is 0 Å². The lowest BCUT2D eigenvalue weighted by Gasteiger charge is -2.40. The highest BCUT2D eigenvalue weighted by molar-refractivity contribution is 7.99. The molecule has 6 heteroatoms. The largest absolute Gasteiger partial charge is 0.416 e. The van der Waals surface area contributed by atoms with Crippen LogP contribution in [0, 0.1) is 5.41 Å². The van der Waals surface area contributed by atoms with E-state index in [0.29, 0.717) is 0 Å². The Balaban J connectivity index is 1.81. The smallest absolute Gasteiger partial charge is 0.316 e. The number of rotatable bonds is 3. The topological polar surface area (TPSA) is 15.3 Å². The van der Waals surface area contributed by atoms with E-state index in [2.05, 4.69) is 17.1 Å². The van der Waals surface area contributed by atoms with Crippen LogP contribution in [-0.2, 0) is 6.18 Å². The zero-order chi connectivity index (χ0) is 16.5. The van der Waals surface area contributed by atoms with Gasteiger partial charge in [-0.05, 0) is 36.1 Å². The van der Waals surface area contributed by atoms with Crippen LogP contribution in [0.3, 0.4) is 0 Å². The molecule has 0 bridgehead atoms. The Morgan fingerprint density at radius 3 is 2.91 bits per heavy atom. The van der Waals surface area contributed by atoms with E-state index in [1.54, 1.807) is 0 Å². The molecule has 1 aromatic carbocycles. The van der Waals surface area contributed by atoms with Crippen LogP contribution in [0.15, 0.2) is 24.3 Å². The molecule has 23 heavy (non-hydrogen) atoms. The summed E-state index contributed by atoms with van der Waals surface area (Å²) in [6.45, 7) is 6.19. The molecule has 128 valence electrons. The Hall–Kier alpha value is -0.720. The molecule has 0 spiro atoms. The minimum absolute atomic E-state index is 0.0773. The first kappa shape index (κ1) is 17.1. The predicted octanol–water partition coefficient (Wildman–Crippen LogP) is 3.79. The number of benzene rings is 1. The lowest BCUT2D eigenvalue weighted by molar-refractivity contribution is -0.137. The second kappa shape index (κ2) is 6.65. The number of nitrogens with zero attached hydrogens (tertiary/aromatic N) is 1. The van der Waals surface area contributed by atoms with Crippen LogP contribution < -0.4 is 5.32 Å². The molecule has 2 saturated heterocycles. The van der Waals surface area contributed by atoms with Crippen molar-refractivity contribution in [3.05, 3.63) is 35.4 Å². The maximum absolute atomic E-state index is 13.0. The lowest BCUT2D eigenvalue weighted by atomic mass is 9.88. The number of hydrogen-bond donors (Lipinski definition) is 1. The fourth-order valence-electron chi connectivity index (χ4n) is 3.55. The van der Waals surface area contributed by atoms with Gasteiger partial charge in [0.15, 0.2) is 0 Å². The summed E-state index contributed by atoms with van der Waals surface area (Å²) in [5.74, 6) is 1.92. The molecule has 0 amide bonds. The number of thioether (sulfide) groups is 1. The summed E-state index contributed by atoms with van der Waals surface area (Å²) in [7, 11) is 0. The SMILES string of the molecule is CC1(CN2CCSCC2c2cccc(C(F)(F)F)c2)CCNC1. The monoisotopic (exact) mass is 344 g/mol. The van der Waals surface area contributed by atoms with Crippen LogP contribution in [0.2, 0.25) is 0 Å². The molecule has 3 rings (SSSR count). The van der Waals surface area contributed by atoms with Gasteiger partial charge >= 0.3 is 6.18 Å². The summed E-state index contributed by atoms with van der Waals surface area (Å²) >= 11 is 1.83. The van der Waals surface area contributed by atoms with Crippen molar-refractivity contribution in [1.29, 1.82) is 0 Å². The van der Waals surface area contributed by atoms with Crippen molar-refractivity contribution in [3.63, 3.8) is 0 Å². The number of alkyl halides is 3. The van der Waals surface area contributed by atoms with E-state index in [9.17, 15) is 13.2 Å². The third-order valence-electron chi connectivity index (χ3n) is 4.88. The highest BCUT2D eigenvalue weighted by Gasteiger charge is 2.36. The molecule has 2 unspecified atom stereocenters. The fraction of sp³-hybridized carbons (Fsp3) is 0.647. The van der Waals surface area contributed by atoms with E-state index in [-0.39, 0.29) is 11.5 Å². The van der Waals surface area contributed by atoms with E-state index >= 15 is 0 Å². The molecule has 0 radical (unpaired) electrons. The Labute approximate surface area is 139 Å². The van der Waals surface area contributed by atoms with Crippen LogP contribution in [0.1, 0.15) is 30.5 Å². The van der Waals surface area contributed by atoms with Gasteiger partial charge in [-0.2, -0.15) is 24.9 Å².